The van der Waals surface area contributed by atoms with Gasteiger partial charge in [0.05, 0.1) is 21.9 Å². The van der Waals surface area contributed by atoms with Crippen LogP contribution in [0.15, 0.2) is 180 Å². The van der Waals surface area contributed by atoms with Crippen LogP contribution in [-0.4, -0.2) is 4.40 Å². The van der Waals surface area contributed by atoms with Gasteiger partial charge in [0.1, 0.15) is 11.2 Å². The molecule has 0 N–H and O–H groups in total. The lowest BCUT2D eigenvalue weighted by Crippen LogP contribution is -2.14. The summed E-state index contributed by atoms with van der Waals surface area (Å²) in [5, 5.41) is 12.2. The SMILES string of the molecule is CC1(C)c2ccccc2-c2cc(-c3ccc4cc5c(cc4c3)c3cc4c6ccccc6oc4c4c6cc7cc(-c8ccc9c(c8)-c8ccccc8C9(C)C)ccc7cc6n5c34)ccc21. The Morgan fingerprint density at radius 3 is 1.48 bits per heavy atom. The van der Waals surface area contributed by atoms with E-state index in [4.69, 9.17) is 4.42 Å². The standard InChI is InChI=1S/C62H41NO/c1-61(2)51-14-8-5-11-42(51)45-27-36(21-23-53(45)61)34-17-19-38-31-55-47(29-40(38)25-34)48-33-49-44-13-7-10-16-57(44)64-60(49)58-50-30-41-26-35(18-20-39(41)32-56(50)63(55)59(48)58)37-22-24-54-46(28-37)43-12-6-9-15-52(43)62(54,3)4/h5-33H,1-4H3. The van der Waals surface area contributed by atoms with Gasteiger partial charge in [-0.3, -0.25) is 0 Å². The fourth-order valence-corrected chi connectivity index (χ4v) is 12.4. The molecular weight excluding hydrogens is 775 g/mol. The van der Waals surface area contributed by atoms with Crippen LogP contribution in [0.25, 0.3) is 126 Å². The smallest absolute Gasteiger partial charge is 0.145 e. The van der Waals surface area contributed by atoms with Crippen molar-refractivity contribution in [3.05, 3.63) is 198 Å². The van der Waals surface area contributed by atoms with E-state index in [1.54, 1.807) is 0 Å². The molecule has 15 rings (SSSR count). The molecular formula is C62H41NO. The molecule has 0 atom stereocenters. The molecule has 2 heteroatoms. The van der Waals surface area contributed by atoms with Gasteiger partial charge in [0, 0.05) is 37.8 Å². The second-order valence-electron chi connectivity index (χ2n) is 19.7. The second kappa shape index (κ2) is 11.7. The zero-order valence-corrected chi connectivity index (χ0v) is 36.1. The van der Waals surface area contributed by atoms with Gasteiger partial charge >= 0.3 is 0 Å². The minimum Gasteiger partial charge on any atom is -0.455 e. The number of nitrogens with zero attached hydrogens (tertiary/aromatic N) is 1. The van der Waals surface area contributed by atoms with E-state index in [2.05, 4.69) is 208 Å². The van der Waals surface area contributed by atoms with Gasteiger partial charge in [-0.15, -0.1) is 0 Å². The van der Waals surface area contributed by atoms with Crippen molar-refractivity contribution < 1.29 is 4.42 Å². The highest BCUT2D eigenvalue weighted by Gasteiger charge is 2.36. The Morgan fingerprint density at radius 2 is 0.859 bits per heavy atom. The van der Waals surface area contributed by atoms with Crippen LogP contribution in [0.3, 0.4) is 0 Å². The van der Waals surface area contributed by atoms with Crippen LogP contribution in [0.1, 0.15) is 49.9 Å². The van der Waals surface area contributed by atoms with Gasteiger partial charge in [-0.25, -0.2) is 0 Å². The fourth-order valence-electron chi connectivity index (χ4n) is 12.4. The molecule has 300 valence electrons. The van der Waals surface area contributed by atoms with Gasteiger partial charge in [0.15, 0.2) is 0 Å². The number of hydrogen-bond donors (Lipinski definition) is 0. The summed E-state index contributed by atoms with van der Waals surface area (Å²) in [5.41, 5.74) is 21.5. The molecule has 0 bridgehead atoms. The monoisotopic (exact) mass is 815 g/mol. The topological polar surface area (TPSA) is 17.6 Å². The molecule has 13 aromatic rings. The molecule has 2 aliphatic rings. The summed E-state index contributed by atoms with van der Waals surface area (Å²) in [5.74, 6) is 0. The second-order valence-corrected chi connectivity index (χ2v) is 19.7. The third-order valence-electron chi connectivity index (χ3n) is 15.6. The lowest BCUT2D eigenvalue weighted by atomic mass is 9.82. The summed E-state index contributed by atoms with van der Waals surface area (Å²) < 4.78 is 9.37. The Bertz CT molecular complexity index is 4250. The van der Waals surface area contributed by atoms with Gasteiger partial charge in [0.25, 0.3) is 0 Å². The predicted molar refractivity (Wildman–Crippen MR) is 269 cm³/mol. The van der Waals surface area contributed by atoms with Crippen LogP contribution in [0.4, 0.5) is 0 Å². The number of para-hydroxylation sites is 1. The van der Waals surface area contributed by atoms with E-state index in [1.165, 1.54) is 126 Å². The van der Waals surface area contributed by atoms with Crippen LogP contribution >= 0.6 is 0 Å². The third-order valence-corrected chi connectivity index (χ3v) is 15.6. The number of aromatic nitrogens is 1. The van der Waals surface area contributed by atoms with E-state index < -0.39 is 0 Å². The maximum atomic E-state index is 6.86. The van der Waals surface area contributed by atoms with Gasteiger partial charge < -0.3 is 8.82 Å². The van der Waals surface area contributed by atoms with E-state index >= 15 is 0 Å². The minimum atomic E-state index is -0.0125. The van der Waals surface area contributed by atoms with Crippen LogP contribution in [0.2, 0.25) is 0 Å². The molecule has 3 aromatic heterocycles. The average molecular weight is 816 g/mol. The number of benzene rings is 10. The molecule has 0 saturated heterocycles. The zero-order valence-electron chi connectivity index (χ0n) is 36.1. The highest BCUT2D eigenvalue weighted by atomic mass is 16.3. The van der Waals surface area contributed by atoms with Crippen molar-refractivity contribution in [3.8, 4) is 44.5 Å². The summed E-state index contributed by atoms with van der Waals surface area (Å²) >= 11 is 0. The first-order valence-electron chi connectivity index (χ1n) is 22.7. The molecule has 64 heavy (non-hydrogen) atoms. The Labute approximate surface area is 370 Å². The maximum absolute atomic E-state index is 6.86. The van der Waals surface area contributed by atoms with Gasteiger partial charge in [-0.1, -0.05) is 143 Å². The van der Waals surface area contributed by atoms with Crippen LogP contribution in [-0.2, 0) is 10.8 Å². The summed E-state index contributed by atoms with van der Waals surface area (Å²) in [6, 6.07) is 66.6. The lowest BCUT2D eigenvalue weighted by Gasteiger charge is -2.21. The number of fused-ring (bicyclic) bond motifs is 18. The number of hydrogen-bond acceptors (Lipinski definition) is 1. The first kappa shape index (κ1) is 34.9. The predicted octanol–water partition coefficient (Wildman–Crippen LogP) is 17.0. The van der Waals surface area contributed by atoms with E-state index in [1.807, 2.05) is 0 Å². The highest BCUT2D eigenvalue weighted by molar-refractivity contribution is 6.34. The first-order valence-corrected chi connectivity index (χ1v) is 22.7. The minimum absolute atomic E-state index is 0.00879. The van der Waals surface area contributed by atoms with Crippen molar-refractivity contribution in [2.24, 2.45) is 0 Å². The molecule has 0 amide bonds. The lowest BCUT2D eigenvalue weighted by molar-refractivity contribution is 0.660. The van der Waals surface area contributed by atoms with Crippen molar-refractivity contribution >= 4 is 81.6 Å². The molecule has 0 fully saturated rings. The van der Waals surface area contributed by atoms with E-state index in [9.17, 15) is 0 Å². The molecule has 10 aromatic carbocycles. The normalized spacial score (nSPS) is 14.8. The summed E-state index contributed by atoms with van der Waals surface area (Å²) in [7, 11) is 0. The van der Waals surface area contributed by atoms with E-state index in [-0.39, 0.29) is 10.8 Å². The molecule has 0 saturated carbocycles. The molecule has 0 radical (unpaired) electrons. The Balaban J connectivity index is 0.944. The quantitative estimate of drug-likeness (QED) is 0.170. The van der Waals surface area contributed by atoms with Gasteiger partial charge in [-0.05, 0) is 149 Å². The summed E-state index contributed by atoms with van der Waals surface area (Å²) in [6.45, 7) is 9.39. The van der Waals surface area contributed by atoms with Crippen LogP contribution < -0.4 is 0 Å². The number of furan rings is 1. The first-order chi connectivity index (χ1) is 31.2. The van der Waals surface area contributed by atoms with Crippen molar-refractivity contribution in [3.63, 3.8) is 0 Å². The van der Waals surface area contributed by atoms with Crippen molar-refractivity contribution in [2.45, 2.75) is 38.5 Å². The van der Waals surface area contributed by atoms with Crippen molar-refractivity contribution in [2.75, 3.05) is 0 Å². The third kappa shape index (κ3) is 4.31. The van der Waals surface area contributed by atoms with E-state index in [0.29, 0.717) is 0 Å². The average Bonchev–Trinajstić information content (AvgIpc) is 4.07. The molecule has 0 aliphatic heterocycles. The van der Waals surface area contributed by atoms with Crippen molar-refractivity contribution in [1.82, 2.24) is 4.40 Å². The van der Waals surface area contributed by atoms with Crippen molar-refractivity contribution in [1.29, 1.82) is 0 Å². The molecule has 2 aliphatic carbocycles. The van der Waals surface area contributed by atoms with Gasteiger partial charge in [0.2, 0.25) is 0 Å². The molecule has 3 heterocycles. The maximum Gasteiger partial charge on any atom is 0.145 e. The summed E-state index contributed by atoms with van der Waals surface area (Å²) in [4.78, 5) is 0. The number of rotatable bonds is 2. The molecule has 2 nitrogen and oxygen atoms in total. The van der Waals surface area contributed by atoms with Crippen LogP contribution in [0.5, 0.6) is 0 Å². The Hall–Kier alpha value is -7.68. The highest BCUT2D eigenvalue weighted by Crippen LogP contribution is 2.52. The molecule has 0 spiro atoms. The van der Waals surface area contributed by atoms with Gasteiger partial charge in [-0.2, -0.15) is 0 Å². The Morgan fingerprint density at radius 1 is 0.359 bits per heavy atom. The summed E-state index contributed by atoms with van der Waals surface area (Å²) in [6.07, 6.45) is 0. The fraction of sp³-hybridized carbons (Fsp3) is 0.0968. The van der Waals surface area contributed by atoms with Crippen LogP contribution in [0, 0.1) is 0 Å². The molecule has 0 unspecified atom stereocenters. The van der Waals surface area contributed by atoms with E-state index in [0.717, 1.165) is 21.9 Å². The zero-order chi connectivity index (χ0) is 42.4. The Kier molecular flexibility index (Phi) is 6.35. The largest absolute Gasteiger partial charge is 0.455 e.